The highest BCUT2D eigenvalue weighted by atomic mass is 16.5. The van der Waals surface area contributed by atoms with E-state index in [-0.39, 0.29) is 12.5 Å². The van der Waals surface area contributed by atoms with Crippen molar-refractivity contribution in [1.29, 1.82) is 0 Å². The zero-order valence-corrected chi connectivity index (χ0v) is 12.6. The maximum Gasteiger partial charge on any atom is 0.246 e. The van der Waals surface area contributed by atoms with E-state index in [4.69, 9.17) is 4.74 Å². The third-order valence-electron chi connectivity index (χ3n) is 3.24. The van der Waals surface area contributed by atoms with Gasteiger partial charge in [0.2, 0.25) is 5.91 Å². The number of aryl methyl sites for hydroxylation is 1. The molecule has 0 aliphatic rings. The van der Waals surface area contributed by atoms with Crippen LogP contribution in [0.1, 0.15) is 5.69 Å². The van der Waals surface area contributed by atoms with E-state index in [1.54, 1.807) is 12.3 Å². The van der Waals surface area contributed by atoms with Crippen LogP contribution in [0, 0.1) is 6.92 Å². The first-order chi connectivity index (χ1) is 11.2. The second-order valence-electron chi connectivity index (χ2n) is 4.99. The molecule has 6 nitrogen and oxygen atoms in total. The smallest absolute Gasteiger partial charge is 0.246 e. The van der Waals surface area contributed by atoms with Crippen molar-refractivity contribution in [3.8, 4) is 11.5 Å². The van der Waals surface area contributed by atoms with Crippen LogP contribution in [0.5, 0.6) is 11.5 Å². The second-order valence-corrected chi connectivity index (χ2v) is 4.99. The van der Waals surface area contributed by atoms with Crippen LogP contribution in [0.3, 0.4) is 0 Å². The van der Waals surface area contributed by atoms with Crippen molar-refractivity contribution in [2.75, 3.05) is 5.32 Å². The zero-order chi connectivity index (χ0) is 16.1. The van der Waals surface area contributed by atoms with Gasteiger partial charge in [0, 0.05) is 0 Å². The number of benzene rings is 2. The molecule has 1 heterocycles. The molecule has 0 bridgehead atoms. The lowest BCUT2D eigenvalue weighted by Gasteiger charge is -2.12. The molecule has 0 spiro atoms. The fourth-order valence-electron chi connectivity index (χ4n) is 2.07. The number of para-hydroxylation sites is 3. The number of carbonyl (C=O) groups is 1. The number of rotatable bonds is 5. The Morgan fingerprint density at radius 2 is 1.87 bits per heavy atom. The summed E-state index contributed by atoms with van der Waals surface area (Å²) < 4.78 is 7.36. The van der Waals surface area contributed by atoms with Gasteiger partial charge in [-0.2, -0.15) is 0 Å². The summed E-state index contributed by atoms with van der Waals surface area (Å²) in [7, 11) is 0. The lowest BCUT2D eigenvalue weighted by atomic mass is 10.3. The lowest BCUT2D eigenvalue weighted by Crippen LogP contribution is -2.20. The normalized spacial score (nSPS) is 10.3. The van der Waals surface area contributed by atoms with Gasteiger partial charge >= 0.3 is 0 Å². The number of nitrogens with zero attached hydrogens (tertiary/aromatic N) is 3. The Hall–Kier alpha value is -3.15. The number of hydrogen-bond donors (Lipinski definition) is 1. The number of amides is 1. The van der Waals surface area contributed by atoms with Gasteiger partial charge in [-0.05, 0) is 31.2 Å². The standard InChI is InChI=1S/C17H16N4O2/c1-13-11-18-20-21(13)12-17(22)19-15-9-5-6-10-16(15)23-14-7-3-2-4-8-14/h2-11H,12H2,1H3,(H,19,22). The number of carbonyl (C=O) groups excluding carboxylic acids is 1. The Bertz CT molecular complexity index is 799. The van der Waals surface area contributed by atoms with Crippen molar-refractivity contribution in [2.24, 2.45) is 0 Å². The van der Waals surface area contributed by atoms with Crippen LogP contribution >= 0.6 is 0 Å². The summed E-state index contributed by atoms with van der Waals surface area (Å²) in [5, 5.41) is 10.5. The van der Waals surface area contributed by atoms with Crippen LogP contribution in [0.2, 0.25) is 0 Å². The van der Waals surface area contributed by atoms with Gasteiger partial charge < -0.3 is 10.1 Å². The molecular weight excluding hydrogens is 292 g/mol. The molecule has 3 aromatic rings. The molecule has 116 valence electrons. The Kier molecular flexibility index (Phi) is 4.33. The molecule has 3 rings (SSSR count). The molecular formula is C17H16N4O2. The van der Waals surface area contributed by atoms with Crippen molar-refractivity contribution in [3.63, 3.8) is 0 Å². The van der Waals surface area contributed by atoms with E-state index >= 15 is 0 Å². The fraction of sp³-hybridized carbons (Fsp3) is 0.118. The monoisotopic (exact) mass is 308 g/mol. The third-order valence-corrected chi connectivity index (χ3v) is 3.24. The predicted molar refractivity (Wildman–Crippen MR) is 86.3 cm³/mol. The molecule has 0 aliphatic carbocycles. The first-order valence-electron chi connectivity index (χ1n) is 7.19. The van der Waals surface area contributed by atoms with E-state index < -0.39 is 0 Å². The van der Waals surface area contributed by atoms with Gasteiger partial charge in [-0.25, -0.2) is 4.68 Å². The average Bonchev–Trinajstić information content (AvgIpc) is 2.95. The van der Waals surface area contributed by atoms with Crippen LogP contribution in [-0.4, -0.2) is 20.9 Å². The Morgan fingerprint density at radius 1 is 1.13 bits per heavy atom. The number of nitrogens with one attached hydrogen (secondary N) is 1. The molecule has 0 unspecified atom stereocenters. The molecule has 1 amide bonds. The number of hydrogen-bond acceptors (Lipinski definition) is 4. The van der Waals surface area contributed by atoms with Gasteiger partial charge in [0.1, 0.15) is 12.3 Å². The molecule has 0 radical (unpaired) electrons. The molecule has 23 heavy (non-hydrogen) atoms. The molecule has 0 fully saturated rings. The number of aromatic nitrogens is 3. The van der Waals surface area contributed by atoms with Gasteiger partial charge in [-0.15, -0.1) is 5.10 Å². The summed E-state index contributed by atoms with van der Waals surface area (Å²) >= 11 is 0. The summed E-state index contributed by atoms with van der Waals surface area (Å²) in [6, 6.07) is 16.7. The van der Waals surface area contributed by atoms with E-state index in [0.717, 1.165) is 5.69 Å². The SMILES string of the molecule is Cc1cnnn1CC(=O)Nc1ccccc1Oc1ccccc1. The van der Waals surface area contributed by atoms with Gasteiger partial charge in [-0.3, -0.25) is 4.79 Å². The van der Waals surface area contributed by atoms with Gasteiger partial charge in [0.15, 0.2) is 5.75 Å². The first-order valence-corrected chi connectivity index (χ1v) is 7.19. The van der Waals surface area contributed by atoms with Crippen molar-refractivity contribution in [1.82, 2.24) is 15.0 Å². The predicted octanol–water partition coefficient (Wildman–Crippen LogP) is 3.02. The Balaban J connectivity index is 1.73. The second kappa shape index (κ2) is 6.74. The minimum absolute atomic E-state index is 0.103. The highest BCUT2D eigenvalue weighted by Crippen LogP contribution is 2.29. The van der Waals surface area contributed by atoms with E-state index in [9.17, 15) is 4.79 Å². The van der Waals surface area contributed by atoms with E-state index in [0.29, 0.717) is 17.2 Å². The maximum atomic E-state index is 12.2. The average molecular weight is 308 g/mol. The Morgan fingerprint density at radius 3 is 2.61 bits per heavy atom. The molecule has 6 heteroatoms. The summed E-state index contributed by atoms with van der Waals surface area (Å²) in [4.78, 5) is 12.2. The molecule has 0 saturated carbocycles. The zero-order valence-electron chi connectivity index (χ0n) is 12.6. The quantitative estimate of drug-likeness (QED) is 0.786. The third kappa shape index (κ3) is 3.74. The van der Waals surface area contributed by atoms with Gasteiger partial charge in [0.25, 0.3) is 0 Å². The van der Waals surface area contributed by atoms with Gasteiger partial charge in [-0.1, -0.05) is 35.5 Å². The summed E-state index contributed by atoms with van der Waals surface area (Å²) in [5.74, 6) is 1.10. The topological polar surface area (TPSA) is 69.0 Å². The molecule has 2 aromatic carbocycles. The summed E-state index contributed by atoms with van der Waals surface area (Å²) in [6.45, 7) is 1.95. The first kappa shape index (κ1) is 14.8. The largest absolute Gasteiger partial charge is 0.455 e. The van der Waals surface area contributed by atoms with Crippen LogP contribution in [-0.2, 0) is 11.3 Å². The van der Waals surface area contributed by atoms with Crippen molar-refractivity contribution in [3.05, 3.63) is 66.5 Å². The lowest BCUT2D eigenvalue weighted by molar-refractivity contribution is -0.117. The van der Waals surface area contributed by atoms with E-state index in [1.165, 1.54) is 4.68 Å². The van der Waals surface area contributed by atoms with Crippen molar-refractivity contribution < 1.29 is 9.53 Å². The van der Waals surface area contributed by atoms with Crippen LogP contribution < -0.4 is 10.1 Å². The van der Waals surface area contributed by atoms with Crippen LogP contribution in [0.25, 0.3) is 0 Å². The highest BCUT2D eigenvalue weighted by molar-refractivity contribution is 5.92. The molecule has 1 N–H and O–H groups in total. The maximum absolute atomic E-state index is 12.2. The van der Waals surface area contributed by atoms with E-state index in [2.05, 4.69) is 15.6 Å². The minimum atomic E-state index is -0.192. The van der Waals surface area contributed by atoms with E-state index in [1.807, 2.05) is 55.5 Å². The Labute approximate surface area is 133 Å². The summed E-state index contributed by atoms with van der Waals surface area (Å²) in [6.07, 6.45) is 1.61. The molecule has 0 aliphatic heterocycles. The molecule has 0 atom stereocenters. The summed E-state index contributed by atoms with van der Waals surface area (Å²) in [5.41, 5.74) is 1.44. The minimum Gasteiger partial charge on any atom is -0.455 e. The van der Waals surface area contributed by atoms with Crippen LogP contribution in [0.4, 0.5) is 5.69 Å². The van der Waals surface area contributed by atoms with Crippen molar-refractivity contribution in [2.45, 2.75) is 13.5 Å². The highest BCUT2D eigenvalue weighted by Gasteiger charge is 2.10. The number of anilines is 1. The van der Waals surface area contributed by atoms with Crippen LogP contribution in [0.15, 0.2) is 60.8 Å². The van der Waals surface area contributed by atoms with Gasteiger partial charge in [0.05, 0.1) is 17.6 Å². The molecule has 0 saturated heterocycles. The molecule has 1 aromatic heterocycles. The fourth-order valence-corrected chi connectivity index (χ4v) is 2.07. The number of ether oxygens (including phenoxy) is 1. The van der Waals surface area contributed by atoms with Crippen molar-refractivity contribution >= 4 is 11.6 Å².